The molecule has 1 aliphatic rings. The van der Waals surface area contributed by atoms with Crippen LogP contribution in [0.15, 0.2) is 54.6 Å². The van der Waals surface area contributed by atoms with E-state index in [2.05, 4.69) is 46.7 Å². The van der Waals surface area contributed by atoms with E-state index >= 15 is 0 Å². The number of carbonyl (C=O) groups is 2. The van der Waals surface area contributed by atoms with Crippen molar-refractivity contribution in [1.29, 1.82) is 0 Å². The molecule has 1 atom stereocenters. The number of hydrogen-bond acceptors (Lipinski definition) is 5. The molecular weight excluding hydrogens is 408 g/mol. The van der Waals surface area contributed by atoms with Gasteiger partial charge in [-0.1, -0.05) is 36.4 Å². The van der Waals surface area contributed by atoms with E-state index in [1.807, 2.05) is 11.0 Å². The summed E-state index contributed by atoms with van der Waals surface area (Å²) >= 11 is 0. The summed E-state index contributed by atoms with van der Waals surface area (Å²) in [6.07, 6.45) is 0.352. The van der Waals surface area contributed by atoms with Crippen molar-refractivity contribution in [2.45, 2.75) is 25.9 Å². The van der Waals surface area contributed by atoms with Gasteiger partial charge < -0.3 is 19.7 Å². The Morgan fingerprint density at radius 3 is 2.50 bits per heavy atom. The lowest BCUT2D eigenvalue weighted by Crippen LogP contribution is -2.44. The number of anilines is 2. The molecule has 2 N–H and O–H groups in total. The van der Waals surface area contributed by atoms with E-state index in [0.29, 0.717) is 24.5 Å². The van der Waals surface area contributed by atoms with Crippen LogP contribution in [0, 0.1) is 0 Å². The summed E-state index contributed by atoms with van der Waals surface area (Å²) in [5.74, 6) is 0. The molecule has 0 spiro atoms. The van der Waals surface area contributed by atoms with Gasteiger partial charge >= 0.3 is 12.1 Å². The highest BCUT2D eigenvalue weighted by molar-refractivity contribution is 5.91. The zero-order valence-corrected chi connectivity index (χ0v) is 18.8. The second-order valence-corrected chi connectivity index (χ2v) is 7.88. The van der Waals surface area contributed by atoms with Crippen LogP contribution in [0.5, 0.6) is 0 Å². The van der Waals surface area contributed by atoms with E-state index in [9.17, 15) is 9.59 Å². The zero-order chi connectivity index (χ0) is 22.8. The number of nitrogens with one attached hydrogen (secondary N) is 2. The molecule has 0 saturated carbocycles. The Morgan fingerprint density at radius 1 is 1.00 bits per heavy atom. The van der Waals surface area contributed by atoms with Gasteiger partial charge in [0.15, 0.2) is 0 Å². The summed E-state index contributed by atoms with van der Waals surface area (Å²) in [6.45, 7) is 5.94. The fourth-order valence-electron chi connectivity index (χ4n) is 3.78. The molecule has 3 amide bonds. The average molecular weight is 441 g/mol. The topological polar surface area (TPSA) is 83.1 Å². The molecule has 1 fully saturated rings. The van der Waals surface area contributed by atoms with Crippen molar-refractivity contribution in [3.63, 3.8) is 0 Å². The first-order chi connectivity index (χ1) is 15.5. The van der Waals surface area contributed by atoms with Crippen LogP contribution in [0.25, 0.3) is 0 Å². The van der Waals surface area contributed by atoms with Crippen LogP contribution in [0.1, 0.15) is 18.9 Å². The third-order valence-electron chi connectivity index (χ3n) is 5.32. The minimum Gasteiger partial charge on any atom is -0.447 e. The van der Waals surface area contributed by atoms with E-state index in [4.69, 9.17) is 9.47 Å². The van der Waals surface area contributed by atoms with E-state index in [0.717, 1.165) is 26.1 Å². The van der Waals surface area contributed by atoms with E-state index in [1.54, 1.807) is 31.4 Å². The summed E-state index contributed by atoms with van der Waals surface area (Å²) in [4.78, 5) is 29.1. The van der Waals surface area contributed by atoms with Crippen LogP contribution in [0.2, 0.25) is 0 Å². The van der Waals surface area contributed by atoms with Gasteiger partial charge in [0.1, 0.15) is 6.61 Å². The Balaban J connectivity index is 1.54. The van der Waals surface area contributed by atoms with Crippen LogP contribution in [0.3, 0.4) is 0 Å². The summed E-state index contributed by atoms with van der Waals surface area (Å²) in [6, 6.07) is 17.4. The molecule has 1 aliphatic heterocycles. The summed E-state index contributed by atoms with van der Waals surface area (Å²) in [7, 11) is 1.54. The Bertz CT molecular complexity index is 877. The molecule has 2 aromatic rings. The third-order valence-corrected chi connectivity index (χ3v) is 5.32. The number of urea groups is 1. The van der Waals surface area contributed by atoms with Crippen molar-refractivity contribution in [2.75, 3.05) is 50.6 Å². The maximum Gasteiger partial charge on any atom is 0.411 e. The molecule has 0 aliphatic carbocycles. The molecule has 1 heterocycles. The molecule has 32 heavy (non-hydrogen) atoms. The third kappa shape index (κ3) is 7.25. The van der Waals surface area contributed by atoms with Gasteiger partial charge in [0.25, 0.3) is 0 Å². The molecule has 8 nitrogen and oxygen atoms in total. The van der Waals surface area contributed by atoms with E-state index in [-0.39, 0.29) is 18.7 Å². The fraction of sp³-hybridized carbons (Fsp3) is 0.417. The lowest BCUT2D eigenvalue weighted by atomic mass is 10.2. The molecule has 0 aromatic heterocycles. The molecule has 0 radical (unpaired) electrons. The molecule has 3 rings (SSSR count). The van der Waals surface area contributed by atoms with E-state index in [1.165, 1.54) is 5.56 Å². The maximum atomic E-state index is 13.0. The van der Waals surface area contributed by atoms with Crippen molar-refractivity contribution in [3.8, 4) is 0 Å². The normalized spacial score (nSPS) is 16.8. The Kier molecular flexibility index (Phi) is 8.89. The van der Waals surface area contributed by atoms with Crippen molar-refractivity contribution in [3.05, 3.63) is 60.2 Å². The Labute approximate surface area is 189 Å². The van der Waals surface area contributed by atoms with Gasteiger partial charge in [-0.15, -0.1) is 0 Å². The number of methoxy groups -OCH3 is 1. The van der Waals surface area contributed by atoms with Crippen LogP contribution in [-0.2, 0) is 16.0 Å². The number of nitrogens with zero attached hydrogens (tertiary/aromatic N) is 2. The van der Waals surface area contributed by atoms with Gasteiger partial charge in [-0.25, -0.2) is 9.59 Å². The predicted octanol–water partition coefficient (Wildman–Crippen LogP) is 4.01. The second-order valence-electron chi connectivity index (χ2n) is 7.88. The molecule has 172 valence electrons. The highest BCUT2D eigenvalue weighted by Crippen LogP contribution is 2.18. The molecule has 0 bridgehead atoms. The first kappa shape index (κ1) is 23.6. The number of ether oxygens (including phenoxy) is 2. The van der Waals surface area contributed by atoms with Crippen molar-refractivity contribution in [2.24, 2.45) is 0 Å². The molecule has 2 aromatic carbocycles. The summed E-state index contributed by atoms with van der Waals surface area (Å²) in [5.41, 5.74) is 2.44. The first-order valence-corrected chi connectivity index (χ1v) is 10.9. The average Bonchev–Trinajstić information content (AvgIpc) is 2.95. The standard InChI is InChI=1S/C24H32N4O4/c1-19-17-27(18-20-8-4-3-5-9-20)12-7-13-28(19)23(29)25-21-10-6-11-22(16-21)26-24(30)32-15-14-31-2/h3-6,8-11,16,19H,7,12-15,17-18H2,1-2H3,(H,25,29)(H,26,30)/t19-/m1/s1. The highest BCUT2D eigenvalue weighted by Gasteiger charge is 2.25. The fourth-order valence-corrected chi connectivity index (χ4v) is 3.78. The molecular formula is C24H32N4O4. The highest BCUT2D eigenvalue weighted by atomic mass is 16.6. The first-order valence-electron chi connectivity index (χ1n) is 10.9. The van der Waals surface area contributed by atoms with Crippen molar-refractivity contribution < 1.29 is 19.1 Å². The van der Waals surface area contributed by atoms with Crippen LogP contribution in [0.4, 0.5) is 21.0 Å². The summed E-state index contributed by atoms with van der Waals surface area (Å²) in [5, 5.41) is 5.61. The van der Waals surface area contributed by atoms with Gasteiger partial charge in [-0.05, 0) is 37.1 Å². The lowest BCUT2D eigenvalue weighted by molar-refractivity contribution is 0.107. The van der Waals surface area contributed by atoms with Crippen molar-refractivity contribution in [1.82, 2.24) is 9.80 Å². The van der Waals surface area contributed by atoms with Gasteiger partial charge in [0.2, 0.25) is 0 Å². The predicted molar refractivity (Wildman–Crippen MR) is 125 cm³/mol. The quantitative estimate of drug-likeness (QED) is 0.636. The van der Waals surface area contributed by atoms with Gasteiger partial charge in [-0.2, -0.15) is 0 Å². The summed E-state index contributed by atoms with van der Waals surface area (Å²) < 4.78 is 9.86. The minimum atomic E-state index is -0.565. The molecule has 1 saturated heterocycles. The number of amides is 3. The maximum absolute atomic E-state index is 13.0. The van der Waals surface area contributed by atoms with Gasteiger partial charge in [0, 0.05) is 50.7 Å². The van der Waals surface area contributed by atoms with Crippen LogP contribution >= 0.6 is 0 Å². The Hall–Kier alpha value is -3.10. The SMILES string of the molecule is COCCOC(=O)Nc1cccc(NC(=O)N2CCCN(Cc3ccccc3)C[C@H]2C)c1. The lowest BCUT2D eigenvalue weighted by Gasteiger charge is -2.29. The minimum absolute atomic E-state index is 0.0817. The number of carbonyl (C=O) groups excluding carboxylic acids is 2. The smallest absolute Gasteiger partial charge is 0.411 e. The number of rotatable bonds is 7. The van der Waals surface area contributed by atoms with Gasteiger partial charge in [0.05, 0.1) is 6.61 Å². The number of benzene rings is 2. The van der Waals surface area contributed by atoms with E-state index < -0.39 is 6.09 Å². The monoisotopic (exact) mass is 440 g/mol. The molecule has 0 unspecified atom stereocenters. The Morgan fingerprint density at radius 2 is 1.75 bits per heavy atom. The number of hydrogen-bond donors (Lipinski definition) is 2. The largest absolute Gasteiger partial charge is 0.447 e. The molecule has 8 heteroatoms. The second kappa shape index (κ2) is 12.1. The van der Waals surface area contributed by atoms with Crippen molar-refractivity contribution >= 4 is 23.5 Å². The zero-order valence-electron chi connectivity index (χ0n) is 18.8. The van der Waals surface area contributed by atoms with Crippen LogP contribution in [-0.4, -0.2) is 67.9 Å². The van der Waals surface area contributed by atoms with Crippen LogP contribution < -0.4 is 10.6 Å². The van der Waals surface area contributed by atoms with Gasteiger partial charge in [-0.3, -0.25) is 10.2 Å².